The molecule has 3 heteroatoms. The summed E-state index contributed by atoms with van der Waals surface area (Å²) in [6.07, 6.45) is 3.42. The van der Waals surface area contributed by atoms with E-state index in [-0.39, 0.29) is 5.60 Å². The van der Waals surface area contributed by atoms with Gasteiger partial charge in [-0.3, -0.25) is 4.98 Å². The molecule has 0 saturated carbocycles. The third-order valence-electron chi connectivity index (χ3n) is 2.31. The Labute approximate surface area is 84.7 Å². The number of methoxy groups -OCH3 is 1. The number of hydrogen-bond acceptors (Lipinski definition) is 3. The molecule has 14 heavy (non-hydrogen) atoms. The van der Waals surface area contributed by atoms with Crippen LogP contribution in [0, 0.1) is 0 Å². The summed E-state index contributed by atoms with van der Waals surface area (Å²) in [5.41, 5.74) is 0.521. The van der Waals surface area contributed by atoms with Crippen LogP contribution in [0.2, 0.25) is 0 Å². The minimum atomic E-state index is -0.515. The van der Waals surface area contributed by atoms with Crippen molar-refractivity contribution in [1.29, 1.82) is 0 Å². The fourth-order valence-electron chi connectivity index (χ4n) is 1.24. The van der Waals surface area contributed by atoms with Gasteiger partial charge < -0.3 is 9.84 Å². The summed E-state index contributed by atoms with van der Waals surface area (Å²) in [6.45, 7) is 3.90. The van der Waals surface area contributed by atoms with Gasteiger partial charge in [0.2, 0.25) is 0 Å². The van der Waals surface area contributed by atoms with Crippen molar-refractivity contribution >= 4 is 0 Å². The molecule has 1 atom stereocenters. The summed E-state index contributed by atoms with van der Waals surface area (Å²) >= 11 is 0. The summed E-state index contributed by atoms with van der Waals surface area (Å²) in [6, 6.07) is 3.68. The van der Waals surface area contributed by atoms with Gasteiger partial charge in [0.25, 0.3) is 0 Å². The summed E-state index contributed by atoms with van der Waals surface area (Å²) in [4.78, 5) is 3.96. The Morgan fingerprint density at radius 1 is 1.57 bits per heavy atom. The van der Waals surface area contributed by atoms with E-state index in [1.54, 1.807) is 19.5 Å². The monoisotopic (exact) mass is 195 g/mol. The van der Waals surface area contributed by atoms with Gasteiger partial charge in [-0.2, -0.15) is 0 Å². The van der Waals surface area contributed by atoms with Crippen molar-refractivity contribution in [2.45, 2.75) is 32.0 Å². The van der Waals surface area contributed by atoms with Gasteiger partial charge in [-0.05, 0) is 25.5 Å². The lowest BCUT2D eigenvalue weighted by molar-refractivity contribution is -0.0201. The van der Waals surface area contributed by atoms with Crippen LogP contribution in [-0.4, -0.2) is 22.8 Å². The average Bonchev–Trinajstić information content (AvgIpc) is 2.19. The average molecular weight is 195 g/mol. The molecule has 1 rings (SSSR count). The fraction of sp³-hybridized carbons (Fsp3) is 0.545. The maximum atomic E-state index is 9.87. The number of nitrogens with zero attached hydrogens (tertiary/aromatic N) is 1. The first kappa shape index (κ1) is 11.1. The number of rotatable bonds is 4. The molecule has 1 aromatic rings. The first-order chi connectivity index (χ1) is 6.55. The molecule has 1 aromatic heterocycles. The normalized spacial score (nSPS) is 14.0. The van der Waals surface area contributed by atoms with E-state index in [4.69, 9.17) is 4.74 Å². The minimum Gasteiger partial charge on any atom is -0.388 e. The Morgan fingerprint density at radius 2 is 2.29 bits per heavy atom. The molecule has 1 N–H and O–H groups in total. The fourth-order valence-corrected chi connectivity index (χ4v) is 1.24. The van der Waals surface area contributed by atoms with Crippen molar-refractivity contribution in [2.75, 3.05) is 7.11 Å². The van der Waals surface area contributed by atoms with Crippen molar-refractivity contribution in [3.05, 3.63) is 30.1 Å². The Morgan fingerprint density at radius 3 is 2.79 bits per heavy atom. The van der Waals surface area contributed by atoms with Gasteiger partial charge in [0.15, 0.2) is 0 Å². The Kier molecular flexibility index (Phi) is 3.61. The van der Waals surface area contributed by atoms with Crippen molar-refractivity contribution in [3.63, 3.8) is 0 Å². The highest BCUT2D eigenvalue weighted by Crippen LogP contribution is 2.24. The van der Waals surface area contributed by atoms with Gasteiger partial charge in [-0.15, -0.1) is 0 Å². The third kappa shape index (κ3) is 3.09. The molecule has 1 heterocycles. The van der Waals surface area contributed by atoms with Crippen LogP contribution in [0.5, 0.6) is 0 Å². The van der Waals surface area contributed by atoms with Crippen molar-refractivity contribution < 1.29 is 9.84 Å². The van der Waals surface area contributed by atoms with Crippen LogP contribution in [0.4, 0.5) is 0 Å². The summed E-state index contributed by atoms with van der Waals surface area (Å²) < 4.78 is 5.25. The Bertz CT molecular complexity index is 272. The highest BCUT2D eigenvalue weighted by atomic mass is 16.5. The molecule has 0 aromatic carbocycles. The van der Waals surface area contributed by atoms with E-state index in [0.29, 0.717) is 6.42 Å². The summed E-state index contributed by atoms with van der Waals surface area (Å²) in [5, 5.41) is 9.87. The lowest BCUT2D eigenvalue weighted by Gasteiger charge is -2.25. The molecule has 0 fully saturated rings. The van der Waals surface area contributed by atoms with Crippen molar-refractivity contribution in [2.24, 2.45) is 0 Å². The SMILES string of the molecule is COC(C)(C)CC(O)c1cccnc1. The van der Waals surface area contributed by atoms with Gasteiger partial charge in [0, 0.05) is 25.9 Å². The van der Waals surface area contributed by atoms with Crippen LogP contribution in [0.3, 0.4) is 0 Å². The first-order valence-electron chi connectivity index (χ1n) is 4.68. The maximum absolute atomic E-state index is 9.87. The molecule has 1 unspecified atom stereocenters. The van der Waals surface area contributed by atoms with Crippen LogP contribution in [0.25, 0.3) is 0 Å². The number of aliphatic hydroxyl groups is 1. The summed E-state index contributed by atoms with van der Waals surface area (Å²) in [5.74, 6) is 0. The number of pyridine rings is 1. The molecule has 0 aliphatic heterocycles. The second-order valence-corrected chi connectivity index (χ2v) is 3.97. The van der Waals surface area contributed by atoms with E-state index in [9.17, 15) is 5.11 Å². The second kappa shape index (κ2) is 4.53. The minimum absolute atomic E-state index is 0.310. The molecular formula is C11H17NO2. The highest BCUT2D eigenvalue weighted by molar-refractivity contribution is 5.12. The molecular weight excluding hydrogens is 178 g/mol. The molecule has 0 amide bonds. The van der Waals surface area contributed by atoms with Crippen molar-refractivity contribution in [3.8, 4) is 0 Å². The van der Waals surface area contributed by atoms with Crippen LogP contribution < -0.4 is 0 Å². The van der Waals surface area contributed by atoms with Crippen molar-refractivity contribution in [1.82, 2.24) is 4.98 Å². The van der Waals surface area contributed by atoms with E-state index >= 15 is 0 Å². The largest absolute Gasteiger partial charge is 0.388 e. The number of aliphatic hydroxyl groups excluding tert-OH is 1. The van der Waals surface area contributed by atoms with E-state index < -0.39 is 6.10 Å². The van der Waals surface area contributed by atoms with E-state index in [1.165, 1.54) is 0 Å². The van der Waals surface area contributed by atoms with Gasteiger partial charge in [0.1, 0.15) is 0 Å². The zero-order valence-electron chi connectivity index (χ0n) is 8.90. The molecule has 78 valence electrons. The van der Waals surface area contributed by atoms with E-state index in [2.05, 4.69) is 4.98 Å². The zero-order valence-corrected chi connectivity index (χ0v) is 8.90. The Balaban J connectivity index is 2.64. The van der Waals surface area contributed by atoms with Gasteiger partial charge in [-0.25, -0.2) is 0 Å². The smallest absolute Gasteiger partial charge is 0.0832 e. The van der Waals surface area contributed by atoms with E-state index in [1.807, 2.05) is 26.0 Å². The van der Waals surface area contributed by atoms with Crippen LogP contribution in [0.15, 0.2) is 24.5 Å². The van der Waals surface area contributed by atoms with Crippen LogP contribution >= 0.6 is 0 Å². The second-order valence-electron chi connectivity index (χ2n) is 3.97. The zero-order chi connectivity index (χ0) is 10.6. The predicted octanol–water partition coefficient (Wildman–Crippen LogP) is 1.93. The Hall–Kier alpha value is -0.930. The van der Waals surface area contributed by atoms with E-state index in [0.717, 1.165) is 5.56 Å². The molecule has 0 radical (unpaired) electrons. The number of ether oxygens (including phenoxy) is 1. The molecule has 0 bridgehead atoms. The quantitative estimate of drug-likeness (QED) is 0.798. The predicted molar refractivity (Wildman–Crippen MR) is 54.9 cm³/mol. The topological polar surface area (TPSA) is 42.4 Å². The van der Waals surface area contributed by atoms with Crippen LogP contribution in [-0.2, 0) is 4.74 Å². The molecule has 3 nitrogen and oxygen atoms in total. The standard InChI is InChI=1S/C11H17NO2/c1-11(2,14-3)7-10(13)9-5-4-6-12-8-9/h4-6,8,10,13H,7H2,1-3H3. The van der Waals surface area contributed by atoms with Gasteiger partial charge in [-0.1, -0.05) is 6.07 Å². The molecule has 0 aliphatic rings. The molecule has 0 spiro atoms. The van der Waals surface area contributed by atoms with Gasteiger partial charge >= 0.3 is 0 Å². The number of aromatic nitrogens is 1. The first-order valence-corrected chi connectivity index (χ1v) is 4.68. The highest BCUT2D eigenvalue weighted by Gasteiger charge is 2.22. The molecule has 0 aliphatic carbocycles. The third-order valence-corrected chi connectivity index (χ3v) is 2.31. The maximum Gasteiger partial charge on any atom is 0.0832 e. The molecule has 0 saturated heterocycles. The lowest BCUT2D eigenvalue weighted by Crippen LogP contribution is -2.25. The number of hydrogen-bond donors (Lipinski definition) is 1. The van der Waals surface area contributed by atoms with Gasteiger partial charge in [0.05, 0.1) is 11.7 Å². The summed E-state index contributed by atoms with van der Waals surface area (Å²) in [7, 11) is 1.65. The lowest BCUT2D eigenvalue weighted by atomic mass is 9.97. The van der Waals surface area contributed by atoms with Crippen LogP contribution in [0.1, 0.15) is 31.9 Å².